The fraction of sp³-hybridized carbons (Fsp3) is 0.385. The molecule has 0 bridgehead atoms. The SMILES string of the molecule is CCc1nc(-c2cc3c(cc2OC)CCC3)c(CC)nc1NC(C)c1ccccc1. The van der Waals surface area contributed by atoms with Gasteiger partial charge in [0.15, 0.2) is 0 Å². The topological polar surface area (TPSA) is 47.0 Å². The zero-order chi connectivity index (χ0) is 21.1. The van der Waals surface area contributed by atoms with Crippen molar-refractivity contribution in [2.24, 2.45) is 0 Å². The smallest absolute Gasteiger partial charge is 0.148 e. The second kappa shape index (κ2) is 8.86. The molecule has 0 amide bonds. The first-order valence-corrected chi connectivity index (χ1v) is 11.1. The molecule has 0 saturated heterocycles. The Morgan fingerprint density at radius 2 is 1.67 bits per heavy atom. The van der Waals surface area contributed by atoms with Crippen molar-refractivity contribution >= 4 is 5.82 Å². The van der Waals surface area contributed by atoms with Gasteiger partial charge in [0.1, 0.15) is 11.6 Å². The van der Waals surface area contributed by atoms with Crippen LogP contribution in [-0.2, 0) is 25.7 Å². The number of nitrogens with zero attached hydrogens (tertiary/aromatic N) is 2. The molecule has 156 valence electrons. The standard InChI is InChI=1S/C26H31N3O/c1-5-22-25(21-15-19-13-10-14-20(19)16-24(21)30-4)28-23(6-2)26(29-22)27-17(3)18-11-8-7-9-12-18/h7-9,11-12,15-17H,5-6,10,13-14H2,1-4H3,(H,27,29). The molecule has 30 heavy (non-hydrogen) atoms. The van der Waals surface area contributed by atoms with E-state index in [0.29, 0.717) is 0 Å². The average Bonchev–Trinajstić information content (AvgIpc) is 3.25. The normalized spacial score (nSPS) is 13.7. The van der Waals surface area contributed by atoms with Crippen LogP contribution in [0.15, 0.2) is 42.5 Å². The molecule has 1 aliphatic carbocycles. The monoisotopic (exact) mass is 401 g/mol. The number of rotatable bonds is 7. The molecular weight excluding hydrogens is 370 g/mol. The highest BCUT2D eigenvalue weighted by atomic mass is 16.5. The van der Waals surface area contributed by atoms with E-state index in [2.05, 4.69) is 62.5 Å². The molecule has 2 aromatic carbocycles. The van der Waals surface area contributed by atoms with E-state index in [1.165, 1.54) is 23.1 Å². The molecule has 0 saturated carbocycles. The van der Waals surface area contributed by atoms with E-state index in [4.69, 9.17) is 14.7 Å². The van der Waals surface area contributed by atoms with E-state index >= 15 is 0 Å². The number of anilines is 1. The third-order valence-electron chi connectivity index (χ3n) is 6.03. The van der Waals surface area contributed by atoms with Gasteiger partial charge in [-0.1, -0.05) is 44.2 Å². The lowest BCUT2D eigenvalue weighted by Gasteiger charge is -2.20. The van der Waals surface area contributed by atoms with Crippen LogP contribution >= 0.6 is 0 Å². The van der Waals surface area contributed by atoms with Crippen LogP contribution in [0.2, 0.25) is 0 Å². The minimum atomic E-state index is 0.163. The van der Waals surface area contributed by atoms with E-state index in [0.717, 1.165) is 59.9 Å². The Labute approximate surface area is 179 Å². The van der Waals surface area contributed by atoms with Crippen molar-refractivity contribution < 1.29 is 4.74 Å². The van der Waals surface area contributed by atoms with Gasteiger partial charge < -0.3 is 10.1 Å². The number of hydrogen-bond acceptors (Lipinski definition) is 4. The van der Waals surface area contributed by atoms with Crippen LogP contribution in [0.25, 0.3) is 11.3 Å². The van der Waals surface area contributed by atoms with Gasteiger partial charge in [-0.05, 0) is 67.9 Å². The number of methoxy groups -OCH3 is 1. The van der Waals surface area contributed by atoms with Crippen LogP contribution in [-0.4, -0.2) is 17.1 Å². The number of ether oxygens (including phenoxy) is 1. The van der Waals surface area contributed by atoms with Crippen molar-refractivity contribution in [1.82, 2.24) is 9.97 Å². The lowest BCUT2D eigenvalue weighted by atomic mass is 10.0. The number of aryl methyl sites for hydroxylation is 4. The van der Waals surface area contributed by atoms with Crippen LogP contribution in [0.3, 0.4) is 0 Å². The summed E-state index contributed by atoms with van der Waals surface area (Å²) in [4.78, 5) is 10.2. The molecule has 1 unspecified atom stereocenters. The zero-order valence-electron chi connectivity index (χ0n) is 18.5. The summed E-state index contributed by atoms with van der Waals surface area (Å²) in [5, 5.41) is 3.60. The summed E-state index contributed by atoms with van der Waals surface area (Å²) in [6, 6.07) is 15.1. The minimum absolute atomic E-state index is 0.163. The Bertz CT molecular complexity index is 1030. The Morgan fingerprint density at radius 3 is 2.33 bits per heavy atom. The maximum atomic E-state index is 5.77. The molecule has 0 aliphatic heterocycles. The predicted octanol–water partition coefficient (Wildman–Crippen LogP) is 5.94. The molecule has 1 atom stereocenters. The highest BCUT2D eigenvalue weighted by Gasteiger charge is 2.21. The number of fused-ring (bicyclic) bond motifs is 1. The van der Waals surface area contributed by atoms with Crippen LogP contribution in [0.4, 0.5) is 5.82 Å². The summed E-state index contributed by atoms with van der Waals surface area (Å²) in [5.41, 5.74) is 8.10. The van der Waals surface area contributed by atoms with Gasteiger partial charge in [0.25, 0.3) is 0 Å². The second-order valence-electron chi connectivity index (χ2n) is 7.97. The lowest BCUT2D eigenvalue weighted by molar-refractivity contribution is 0.415. The molecule has 0 spiro atoms. The van der Waals surface area contributed by atoms with Crippen molar-refractivity contribution in [3.05, 3.63) is 70.5 Å². The van der Waals surface area contributed by atoms with E-state index in [1.807, 2.05) is 6.07 Å². The number of hydrogen-bond donors (Lipinski definition) is 1. The van der Waals surface area contributed by atoms with E-state index in [-0.39, 0.29) is 6.04 Å². The van der Waals surface area contributed by atoms with Crippen LogP contribution in [0.5, 0.6) is 5.75 Å². The van der Waals surface area contributed by atoms with Gasteiger partial charge >= 0.3 is 0 Å². The fourth-order valence-electron chi connectivity index (χ4n) is 4.31. The first-order valence-electron chi connectivity index (χ1n) is 11.1. The van der Waals surface area contributed by atoms with Gasteiger partial charge in [-0.3, -0.25) is 0 Å². The largest absolute Gasteiger partial charge is 0.496 e. The molecule has 1 aliphatic rings. The van der Waals surface area contributed by atoms with Crippen molar-refractivity contribution in [1.29, 1.82) is 0 Å². The highest BCUT2D eigenvalue weighted by Crippen LogP contribution is 2.37. The Balaban J connectivity index is 1.76. The zero-order valence-corrected chi connectivity index (χ0v) is 18.5. The quantitative estimate of drug-likeness (QED) is 0.532. The highest BCUT2D eigenvalue weighted by molar-refractivity contribution is 5.72. The maximum absolute atomic E-state index is 5.77. The van der Waals surface area contributed by atoms with Crippen molar-refractivity contribution in [3.63, 3.8) is 0 Å². The summed E-state index contributed by atoms with van der Waals surface area (Å²) in [6.07, 6.45) is 5.13. The van der Waals surface area contributed by atoms with E-state index in [9.17, 15) is 0 Å². The molecule has 4 nitrogen and oxygen atoms in total. The van der Waals surface area contributed by atoms with Crippen LogP contribution < -0.4 is 10.1 Å². The van der Waals surface area contributed by atoms with Crippen LogP contribution in [0, 0.1) is 0 Å². The molecule has 4 rings (SSSR count). The van der Waals surface area contributed by atoms with Crippen molar-refractivity contribution in [2.45, 2.75) is 58.9 Å². The fourth-order valence-corrected chi connectivity index (χ4v) is 4.31. The molecule has 3 aromatic rings. The number of benzene rings is 2. The van der Waals surface area contributed by atoms with Gasteiger partial charge in [0, 0.05) is 5.56 Å². The molecule has 1 heterocycles. The van der Waals surface area contributed by atoms with Crippen LogP contribution in [0.1, 0.15) is 61.3 Å². The third kappa shape index (κ3) is 3.91. The Hall–Kier alpha value is -2.88. The first kappa shape index (κ1) is 20.4. The summed E-state index contributed by atoms with van der Waals surface area (Å²) in [5.74, 6) is 1.79. The summed E-state index contributed by atoms with van der Waals surface area (Å²) < 4.78 is 5.77. The van der Waals surface area contributed by atoms with Crippen molar-refractivity contribution in [3.8, 4) is 17.0 Å². The molecule has 1 aromatic heterocycles. The summed E-state index contributed by atoms with van der Waals surface area (Å²) in [7, 11) is 1.75. The molecule has 4 heteroatoms. The Kier molecular flexibility index (Phi) is 6.03. The lowest BCUT2D eigenvalue weighted by Crippen LogP contribution is -2.13. The Morgan fingerprint density at radius 1 is 0.967 bits per heavy atom. The maximum Gasteiger partial charge on any atom is 0.148 e. The summed E-state index contributed by atoms with van der Waals surface area (Å²) >= 11 is 0. The molecular formula is C26H31N3O. The van der Waals surface area contributed by atoms with Gasteiger partial charge in [0.05, 0.1) is 30.2 Å². The average molecular weight is 402 g/mol. The minimum Gasteiger partial charge on any atom is -0.496 e. The van der Waals surface area contributed by atoms with Gasteiger partial charge in [-0.15, -0.1) is 0 Å². The predicted molar refractivity (Wildman–Crippen MR) is 123 cm³/mol. The first-order chi connectivity index (χ1) is 14.6. The molecule has 0 radical (unpaired) electrons. The van der Waals surface area contributed by atoms with E-state index < -0.39 is 0 Å². The number of nitrogens with one attached hydrogen (secondary N) is 1. The third-order valence-corrected chi connectivity index (χ3v) is 6.03. The molecule has 1 N–H and O–H groups in total. The molecule has 0 fully saturated rings. The van der Waals surface area contributed by atoms with Gasteiger partial charge in [-0.2, -0.15) is 0 Å². The number of aromatic nitrogens is 2. The second-order valence-corrected chi connectivity index (χ2v) is 7.97. The van der Waals surface area contributed by atoms with Crippen molar-refractivity contribution in [2.75, 3.05) is 12.4 Å². The van der Waals surface area contributed by atoms with E-state index in [1.54, 1.807) is 7.11 Å². The summed E-state index contributed by atoms with van der Waals surface area (Å²) in [6.45, 7) is 6.45. The van der Waals surface area contributed by atoms with Gasteiger partial charge in [0.2, 0.25) is 0 Å². The van der Waals surface area contributed by atoms with Gasteiger partial charge in [-0.25, -0.2) is 9.97 Å².